The van der Waals surface area contributed by atoms with E-state index in [0.717, 1.165) is 4.90 Å². The maximum Gasteiger partial charge on any atom is 0.487 e. The van der Waals surface area contributed by atoms with Crippen LogP contribution >= 0.6 is 11.6 Å². The van der Waals surface area contributed by atoms with Crippen molar-refractivity contribution in [3.05, 3.63) is 48.2 Å². The highest BCUT2D eigenvalue weighted by molar-refractivity contribution is 6.20. The average Bonchev–Trinajstić information content (AvgIpc) is 2.67. The molecule has 0 unspecified atom stereocenters. The Morgan fingerprint density at radius 3 is 2.47 bits per heavy atom. The van der Waals surface area contributed by atoms with Crippen LogP contribution < -0.4 is 20.9 Å². The Kier molecular flexibility index (Phi) is 7.31. The number of pyridine rings is 1. The van der Waals surface area contributed by atoms with E-state index in [0.29, 0.717) is 5.69 Å². The summed E-state index contributed by atoms with van der Waals surface area (Å²) in [5.41, 5.74) is 0.849. The predicted octanol–water partition coefficient (Wildman–Crippen LogP) is 2.36. The summed E-state index contributed by atoms with van der Waals surface area (Å²) >= 11 is 4.70. The second kappa shape index (κ2) is 9.69. The van der Waals surface area contributed by atoms with Gasteiger partial charge in [0, 0.05) is 30.5 Å². The van der Waals surface area contributed by atoms with Crippen molar-refractivity contribution in [2.24, 2.45) is 0 Å². The Balaban J connectivity index is 2.02. The molecule has 2 rings (SSSR count). The standard InChI is InChI=1S/C17H16ClF2N5O5/c1-25(16(28)29)9-13(26)23-24-15(27)12-3-2-8-21-14(12)22-10-4-6-11(7-5-10)30-17(18,19)20/h2-8H,9H2,1H3,(H,21,22)(H,23,26)(H,24,27)(H,28,29). The zero-order valence-corrected chi connectivity index (χ0v) is 16.1. The number of likely N-dealkylation sites (N-methyl/N-ethyl adjacent to an activating group) is 1. The van der Waals surface area contributed by atoms with Crippen molar-refractivity contribution < 1.29 is 33.0 Å². The quantitative estimate of drug-likeness (QED) is 0.381. The Bertz CT molecular complexity index is 924. The third-order valence-corrected chi connectivity index (χ3v) is 3.50. The molecule has 10 nitrogen and oxygen atoms in total. The number of carbonyl (C=O) groups excluding carboxylic acids is 2. The van der Waals surface area contributed by atoms with E-state index in [1.54, 1.807) is 0 Å². The number of amides is 3. The molecule has 0 radical (unpaired) electrons. The number of aromatic nitrogens is 1. The Hall–Kier alpha value is -3.67. The first-order valence-corrected chi connectivity index (χ1v) is 8.54. The van der Waals surface area contributed by atoms with Gasteiger partial charge in [-0.3, -0.25) is 20.4 Å². The average molecular weight is 444 g/mol. The van der Waals surface area contributed by atoms with Gasteiger partial charge < -0.3 is 20.1 Å². The summed E-state index contributed by atoms with van der Waals surface area (Å²) < 4.78 is 29.5. The zero-order chi connectivity index (χ0) is 22.3. The van der Waals surface area contributed by atoms with Crippen molar-refractivity contribution in [2.45, 2.75) is 5.57 Å². The third-order valence-electron chi connectivity index (χ3n) is 3.43. The van der Waals surface area contributed by atoms with Crippen molar-refractivity contribution >= 4 is 41.0 Å². The number of halogens is 3. The van der Waals surface area contributed by atoms with Gasteiger partial charge in [0.1, 0.15) is 18.1 Å². The summed E-state index contributed by atoms with van der Waals surface area (Å²) in [6, 6.07) is 8.18. The lowest BCUT2D eigenvalue weighted by Gasteiger charge is -2.14. The molecule has 1 heterocycles. The van der Waals surface area contributed by atoms with E-state index in [-0.39, 0.29) is 17.1 Å². The molecule has 160 valence electrons. The van der Waals surface area contributed by atoms with E-state index in [4.69, 9.17) is 16.7 Å². The van der Waals surface area contributed by atoms with E-state index < -0.39 is 30.0 Å². The molecule has 0 aliphatic heterocycles. The minimum atomic E-state index is -3.84. The van der Waals surface area contributed by atoms with Crippen LogP contribution in [0.5, 0.6) is 5.75 Å². The lowest BCUT2D eigenvalue weighted by molar-refractivity contribution is -0.122. The fraction of sp³-hybridized carbons (Fsp3) is 0.176. The van der Waals surface area contributed by atoms with Crippen LogP contribution in [0.1, 0.15) is 10.4 Å². The number of alkyl halides is 3. The van der Waals surface area contributed by atoms with Crippen molar-refractivity contribution in [3.8, 4) is 5.75 Å². The number of hydrazine groups is 1. The third kappa shape index (κ3) is 7.05. The number of hydrogen-bond acceptors (Lipinski definition) is 6. The first-order chi connectivity index (χ1) is 14.0. The van der Waals surface area contributed by atoms with Crippen molar-refractivity contribution in [1.29, 1.82) is 0 Å². The second-order valence-corrected chi connectivity index (χ2v) is 6.18. The normalized spacial score (nSPS) is 10.7. The van der Waals surface area contributed by atoms with Gasteiger partial charge in [0.25, 0.3) is 11.8 Å². The van der Waals surface area contributed by atoms with Gasteiger partial charge >= 0.3 is 11.7 Å². The van der Waals surface area contributed by atoms with E-state index in [1.165, 1.54) is 49.6 Å². The number of benzene rings is 1. The highest BCUT2D eigenvalue weighted by Gasteiger charge is 2.27. The van der Waals surface area contributed by atoms with Crippen LogP contribution in [0.3, 0.4) is 0 Å². The number of anilines is 2. The minimum Gasteiger partial charge on any atom is -0.465 e. The summed E-state index contributed by atoms with van der Waals surface area (Å²) in [4.78, 5) is 39.5. The first-order valence-electron chi connectivity index (χ1n) is 8.16. The van der Waals surface area contributed by atoms with Crippen LogP contribution in [0.25, 0.3) is 0 Å². The van der Waals surface area contributed by atoms with E-state index in [9.17, 15) is 23.2 Å². The van der Waals surface area contributed by atoms with Crippen molar-refractivity contribution in [3.63, 3.8) is 0 Å². The molecule has 0 aliphatic carbocycles. The van der Waals surface area contributed by atoms with Crippen LogP contribution in [-0.2, 0) is 4.79 Å². The van der Waals surface area contributed by atoms with Crippen molar-refractivity contribution in [1.82, 2.24) is 20.7 Å². The zero-order valence-electron chi connectivity index (χ0n) is 15.4. The van der Waals surface area contributed by atoms with E-state index in [1.807, 2.05) is 0 Å². The van der Waals surface area contributed by atoms with Gasteiger partial charge in [0.05, 0.1) is 5.56 Å². The van der Waals surface area contributed by atoms with Crippen LogP contribution in [0.15, 0.2) is 42.6 Å². The molecule has 0 aliphatic rings. The Morgan fingerprint density at radius 1 is 1.20 bits per heavy atom. The number of carboxylic acid groups (broad SMARTS) is 1. The molecule has 30 heavy (non-hydrogen) atoms. The summed E-state index contributed by atoms with van der Waals surface area (Å²) in [5, 5.41) is 11.6. The molecule has 13 heteroatoms. The summed E-state index contributed by atoms with van der Waals surface area (Å²) in [6.07, 6.45) is 0.104. The predicted molar refractivity (Wildman–Crippen MR) is 102 cm³/mol. The van der Waals surface area contributed by atoms with Crippen LogP contribution in [0.4, 0.5) is 25.1 Å². The van der Waals surface area contributed by atoms with E-state index in [2.05, 4.69) is 25.9 Å². The molecule has 4 N–H and O–H groups in total. The lowest BCUT2D eigenvalue weighted by Crippen LogP contribution is -2.46. The molecule has 1 aromatic carbocycles. The Morgan fingerprint density at radius 2 is 1.87 bits per heavy atom. The number of ether oxygens (including phenoxy) is 1. The highest BCUT2D eigenvalue weighted by atomic mass is 35.5. The first kappa shape index (κ1) is 22.6. The molecule has 0 saturated carbocycles. The molecule has 0 saturated heterocycles. The van der Waals surface area contributed by atoms with Gasteiger partial charge in [-0.2, -0.15) is 0 Å². The van der Waals surface area contributed by atoms with Gasteiger partial charge in [0.2, 0.25) is 0 Å². The van der Waals surface area contributed by atoms with Gasteiger partial charge in [-0.25, -0.2) is 9.78 Å². The fourth-order valence-corrected chi connectivity index (χ4v) is 2.17. The Labute approximate surface area is 173 Å². The highest BCUT2D eigenvalue weighted by Crippen LogP contribution is 2.27. The van der Waals surface area contributed by atoms with Crippen LogP contribution in [0, 0.1) is 0 Å². The minimum absolute atomic E-state index is 0.0528. The summed E-state index contributed by atoms with van der Waals surface area (Å²) in [5.74, 6) is -1.53. The second-order valence-electron chi connectivity index (χ2n) is 5.74. The van der Waals surface area contributed by atoms with Gasteiger partial charge in [0.15, 0.2) is 0 Å². The molecule has 0 fully saturated rings. The van der Waals surface area contributed by atoms with Gasteiger partial charge in [-0.05, 0) is 36.4 Å². The molecule has 0 atom stereocenters. The maximum absolute atomic E-state index is 12.6. The van der Waals surface area contributed by atoms with Gasteiger partial charge in [-0.15, -0.1) is 8.78 Å². The molecule has 0 spiro atoms. The summed E-state index contributed by atoms with van der Waals surface area (Å²) in [6.45, 7) is -0.483. The molecule has 1 aromatic heterocycles. The molecule has 3 amide bonds. The lowest BCUT2D eigenvalue weighted by atomic mass is 10.2. The smallest absolute Gasteiger partial charge is 0.465 e. The van der Waals surface area contributed by atoms with Crippen LogP contribution in [0.2, 0.25) is 0 Å². The van der Waals surface area contributed by atoms with E-state index >= 15 is 0 Å². The SMILES string of the molecule is CN(CC(=O)NNC(=O)c1cccnc1Nc1ccc(OC(F)(F)Cl)cc1)C(=O)O. The number of hydrogen-bond donors (Lipinski definition) is 4. The number of nitrogens with one attached hydrogen (secondary N) is 3. The topological polar surface area (TPSA) is 133 Å². The molecule has 0 bridgehead atoms. The van der Waals surface area contributed by atoms with Crippen LogP contribution in [-0.4, -0.2) is 52.1 Å². The fourth-order valence-electron chi connectivity index (χ4n) is 2.08. The largest absolute Gasteiger partial charge is 0.487 e. The number of nitrogens with zero attached hydrogens (tertiary/aromatic N) is 2. The maximum atomic E-state index is 12.6. The monoisotopic (exact) mass is 443 g/mol. The molecule has 2 aromatic rings. The summed E-state index contributed by atoms with van der Waals surface area (Å²) in [7, 11) is 1.19. The van der Waals surface area contributed by atoms with Gasteiger partial charge in [-0.1, -0.05) is 0 Å². The molecular weight excluding hydrogens is 428 g/mol. The number of rotatable bonds is 7. The van der Waals surface area contributed by atoms with Crippen molar-refractivity contribution in [2.75, 3.05) is 18.9 Å². The number of carbonyl (C=O) groups is 3. The molecular formula is C17H16ClF2N5O5.